The smallest absolute Gasteiger partial charge is 0.183 e. The zero-order valence-electron chi connectivity index (χ0n) is 6.95. The maximum Gasteiger partial charge on any atom is 0.183 e. The summed E-state index contributed by atoms with van der Waals surface area (Å²) in [6.07, 6.45) is 3.42. The second-order valence-corrected chi connectivity index (χ2v) is 2.60. The predicted molar refractivity (Wildman–Crippen MR) is 50.9 cm³/mol. The number of nitriles is 1. The monoisotopic (exact) mass is 194 g/mol. The molecular weight excluding hydrogens is 188 g/mol. The summed E-state index contributed by atoms with van der Waals surface area (Å²) in [5, 5.41) is 8.81. The summed E-state index contributed by atoms with van der Waals surface area (Å²) < 4.78 is 0. The van der Waals surface area contributed by atoms with Gasteiger partial charge in [0.1, 0.15) is 11.8 Å². The molecule has 66 valence electrons. The fourth-order valence-electron chi connectivity index (χ4n) is 0.786. The summed E-state index contributed by atoms with van der Waals surface area (Å²) in [5.41, 5.74) is 5.94. The van der Waals surface area contributed by atoms with Crippen molar-refractivity contribution in [2.75, 3.05) is 5.73 Å². The van der Waals surface area contributed by atoms with Gasteiger partial charge in [-0.05, 0) is 13.0 Å². The number of aromatic nitrogens is 2. The van der Waals surface area contributed by atoms with Gasteiger partial charge in [-0.2, -0.15) is 5.26 Å². The van der Waals surface area contributed by atoms with E-state index >= 15 is 0 Å². The van der Waals surface area contributed by atoms with E-state index < -0.39 is 0 Å². The molecule has 0 aliphatic rings. The van der Waals surface area contributed by atoms with Crippen LogP contribution in [0.4, 0.5) is 5.82 Å². The van der Waals surface area contributed by atoms with Gasteiger partial charge in [0, 0.05) is 0 Å². The van der Waals surface area contributed by atoms with Crippen LogP contribution in [-0.2, 0) is 0 Å². The van der Waals surface area contributed by atoms with Crippen LogP contribution in [0.1, 0.15) is 18.3 Å². The van der Waals surface area contributed by atoms with Gasteiger partial charge >= 0.3 is 0 Å². The maximum atomic E-state index is 8.60. The van der Waals surface area contributed by atoms with Crippen LogP contribution in [0, 0.1) is 11.3 Å². The summed E-state index contributed by atoms with van der Waals surface area (Å²) in [5.74, 6) is 0.0563. The molecule has 0 bridgehead atoms. The van der Waals surface area contributed by atoms with Crippen LogP contribution < -0.4 is 5.73 Å². The minimum Gasteiger partial charge on any atom is -0.381 e. The van der Waals surface area contributed by atoms with E-state index in [0.717, 1.165) is 0 Å². The molecule has 1 rings (SSSR count). The molecule has 0 saturated carbocycles. The molecule has 0 unspecified atom stereocenters. The minimum atomic E-state index is 0.0563. The van der Waals surface area contributed by atoms with Crippen molar-refractivity contribution in [3.63, 3.8) is 0 Å². The first-order valence-corrected chi connectivity index (χ1v) is 3.92. The highest BCUT2D eigenvalue weighted by molar-refractivity contribution is 6.30. The Balaban J connectivity index is 3.32. The van der Waals surface area contributed by atoms with E-state index in [-0.39, 0.29) is 16.7 Å². The van der Waals surface area contributed by atoms with Crippen LogP contribution in [0.3, 0.4) is 0 Å². The molecule has 0 radical (unpaired) electrons. The molecular formula is C8H7ClN4. The van der Waals surface area contributed by atoms with E-state index in [1.807, 2.05) is 13.0 Å². The number of hydrogen-bond donors (Lipinski definition) is 1. The molecule has 1 heterocycles. The number of allylic oxidation sites excluding steroid dienone is 1. The number of hydrogen-bond acceptors (Lipinski definition) is 4. The Kier molecular flexibility index (Phi) is 2.83. The number of nitrogens with two attached hydrogens (primary N) is 1. The summed E-state index contributed by atoms with van der Waals surface area (Å²) in [6, 6.07) is 1.83. The first-order valence-electron chi connectivity index (χ1n) is 3.55. The molecule has 13 heavy (non-hydrogen) atoms. The van der Waals surface area contributed by atoms with Gasteiger partial charge in [-0.3, -0.25) is 0 Å². The van der Waals surface area contributed by atoms with Gasteiger partial charge in [0.15, 0.2) is 16.7 Å². The van der Waals surface area contributed by atoms with Crippen molar-refractivity contribution < 1.29 is 0 Å². The fourth-order valence-corrected chi connectivity index (χ4v) is 0.982. The second kappa shape index (κ2) is 3.87. The van der Waals surface area contributed by atoms with E-state index in [0.29, 0.717) is 5.69 Å². The molecule has 0 aliphatic heterocycles. The van der Waals surface area contributed by atoms with E-state index in [9.17, 15) is 0 Å². The lowest BCUT2D eigenvalue weighted by Gasteiger charge is -1.99. The topological polar surface area (TPSA) is 75.6 Å². The van der Waals surface area contributed by atoms with Crippen molar-refractivity contribution in [1.29, 1.82) is 5.26 Å². The van der Waals surface area contributed by atoms with Gasteiger partial charge in [-0.1, -0.05) is 17.7 Å². The Bertz CT molecular complexity index is 392. The first kappa shape index (κ1) is 9.49. The molecule has 0 saturated heterocycles. The quantitative estimate of drug-likeness (QED) is 0.737. The molecule has 0 atom stereocenters. The van der Waals surface area contributed by atoms with Gasteiger partial charge in [-0.25, -0.2) is 9.97 Å². The summed E-state index contributed by atoms with van der Waals surface area (Å²) in [6.45, 7) is 1.82. The number of halogens is 1. The molecule has 0 amide bonds. The number of rotatable bonds is 1. The third-order valence-corrected chi connectivity index (χ3v) is 1.61. The lowest BCUT2D eigenvalue weighted by molar-refractivity contribution is 1.15. The van der Waals surface area contributed by atoms with Gasteiger partial charge in [0.05, 0.1) is 0 Å². The minimum absolute atomic E-state index is 0.0563. The lowest BCUT2D eigenvalue weighted by Crippen LogP contribution is -2.00. The third kappa shape index (κ3) is 1.95. The highest BCUT2D eigenvalue weighted by Crippen LogP contribution is 2.16. The number of nitrogen functional groups attached to an aromatic ring is 1. The zero-order valence-corrected chi connectivity index (χ0v) is 7.71. The summed E-state index contributed by atoms with van der Waals surface area (Å²) in [4.78, 5) is 7.68. The van der Waals surface area contributed by atoms with Gasteiger partial charge in [-0.15, -0.1) is 0 Å². The molecule has 4 nitrogen and oxygen atoms in total. The summed E-state index contributed by atoms with van der Waals surface area (Å²) >= 11 is 5.72. The fraction of sp³-hybridized carbons (Fsp3) is 0.125. The van der Waals surface area contributed by atoms with Crippen LogP contribution in [-0.4, -0.2) is 9.97 Å². The Morgan fingerprint density at radius 3 is 2.77 bits per heavy atom. The second-order valence-electron chi connectivity index (χ2n) is 2.25. The van der Waals surface area contributed by atoms with Crippen LogP contribution in [0.25, 0.3) is 6.08 Å². The standard InChI is InChI=1S/C8H7ClN4/c1-2-3-5-7(9)13-8(11)6(4-10)12-5/h2-3H,1H3,(H2,11,13)/b3-2+. The first-order chi connectivity index (χ1) is 6.19. The normalized spacial score (nSPS) is 10.2. The Morgan fingerprint density at radius 2 is 2.23 bits per heavy atom. The molecule has 0 fully saturated rings. The SMILES string of the molecule is C/C=C/c1nc(C#N)c(N)nc1Cl. The van der Waals surface area contributed by atoms with Gasteiger partial charge < -0.3 is 5.73 Å². The van der Waals surface area contributed by atoms with Crippen molar-refractivity contribution >= 4 is 23.5 Å². The number of anilines is 1. The van der Waals surface area contributed by atoms with Crippen LogP contribution in [0.5, 0.6) is 0 Å². The van der Waals surface area contributed by atoms with Crippen molar-refractivity contribution in [3.8, 4) is 6.07 Å². The van der Waals surface area contributed by atoms with Crippen LogP contribution in [0.15, 0.2) is 6.08 Å². The largest absolute Gasteiger partial charge is 0.381 e. The Hall–Kier alpha value is -1.60. The van der Waals surface area contributed by atoms with Gasteiger partial charge in [0.25, 0.3) is 0 Å². The number of nitrogens with zero attached hydrogens (tertiary/aromatic N) is 3. The molecule has 1 aromatic rings. The van der Waals surface area contributed by atoms with E-state index in [4.69, 9.17) is 22.6 Å². The average Bonchev–Trinajstić information content (AvgIpc) is 2.10. The van der Waals surface area contributed by atoms with Crippen molar-refractivity contribution in [3.05, 3.63) is 22.6 Å². The van der Waals surface area contributed by atoms with Crippen molar-refractivity contribution in [2.45, 2.75) is 6.92 Å². The molecule has 1 aromatic heterocycles. The highest BCUT2D eigenvalue weighted by atomic mass is 35.5. The Morgan fingerprint density at radius 1 is 1.54 bits per heavy atom. The molecule has 2 N–H and O–H groups in total. The average molecular weight is 195 g/mol. The van der Waals surface area contributed by atoms with E-state index in [1.165, 1.54) is 0 Å². The van der Waals surface area contributed by atoms with Crippen LogP contribution in [0.2, 0.25) is 5.15 Å². The van der Waals surface area contributed by atoms with Crippen molar-refractivity contribution in [2.24, 2.45) is 0 Å². The maximum absolute atomic E-state index is 8.60. The van der Waals surface area contributed by atoms with Crippen LogP contribution >= 0.6 is 11.6 Å². The van der Waals surface area contributed by atoms with E-state index in [1.54, 1.807) is 12.2 Å². The Labute approximate surface area is 80.7 Å². The van der Waals surface area contributed by atoms with E-state index in [2.05, 4.69) is 9.97 Å². The zero-order chi connectivity index (χ0) is 9.84. The lowest BCUT2D eigenvalue weighted by atomic mass is 10.3. The molecule has 0 spiro atoms. The molecule has 0 aromatic carbocycles. The van der Waals surface area contributed by atoms with Gasteiger partial charge in [0.2, 0.25) is 0 Å². The highest BCUT2D eigenvalue weighted by Gasteiger charge is 2.06. The molecule has 0 aliphatic carbocycles. The van der Waals surface area contributed by atoms with Crippen molar-refractivity contribution in [1.82, 2.24) is 9.97 Å². The predicted octanol–water partition coefficient (Wildman–Crippen LogP) is 1.62. The third-order valence-electron chi connectivity index (χ3n) is 1.34. The molecule has 5 heteroatoms. The summed E-state index contributed by atoms with van der Waals surface area (Å²) in [7, 11) is 0.